The third kappa shape index (κ3) is 10.0. The van der Waals surface area contributed by atoms with Gasteiger partial charge in [-0.25, -0.2) is 0 Å². The van der Waals surface area contributed by atoms with Crippen LogP contribution in [0.15, 0.2) is 162 Å². The van der Waals surface area contributed by atoms with E-state index in [1.54, 1.807) is 0 Å². The molecule has 256 valence electrons. The van der Waals surface area contributed by atoms with E-state index >= 15 is 0 Å². The van der Waals surface area contributed by atoms with Crippen molar-refractivity contribution in [2.75, 3.05) is 4.90 Å². The zero-order chi connectivity index (χ0) is 35.3. The maximum Gasteiger partial charge on any atom is 0.0570 e. The minimum atomic E-state index is 0.258. The Bertz CT molecular complexity index is 1610. The summed E-state index contributed by atoms with van der Waals surface area (Å²) in [4.78, 5) is 4.95. The van der Waals surface area contributed by atoms with E-state index in [0.29, 0.717) is 12.0 Å². The Labute approximate surface area is 299 Å². The second-order valence-electron chi connectivity index (χ2n) is 13.7. The molecule has 3 aliphatic carbocycles. The van der Waals surface area contributed by atoms with Gasteiger partial charge in [0, 0.05) is 29.2 Å². The van der Waals surface area contributed by atoms with E-state index in [9.17, 15) is 0 Å². The van der Waals surface area contributed by atoms with Crippen LogP contribution in [-0.2, 0) is 0 Å². The lowest BCUT2D eigenvalue weighted by atomic mass is 9.81. The van der Waals surface area contributed by atoms with Crippen LogP contribution in [0.4, 0.5) is 5.69 Å². The van der Waals surface area contributed by atoms with E-state index in [-0.39, 0.29) is 6.04 Å². The van der Waals surface area contributed by atoms with Crippen LogP contribution in [0.2, 0.25) is 0 Å². The molecule has 3 aliphatic rings. The average molecular weight is 651 g/mol. The normalized spacial score (nSPS) is 20.5. The fraction of sp³-hybridized carbons (Fsp3) is 0.362. The predicted molar refractivity (Wildman–Crippen MR) is 214 cm³/mol. The lowest BCUT2D eigenvalue weighted by Gasteiger charge is -2.45. The van der Waals surface area contributed by atoms with Crippen LogP contribution in [0.3, 0.4) is 0 Å². The second kappa shape index (κ2) is 18.3. The van der Waals surface area contributed by atoms with E-state index in [1.807, 2.05) is 12.1 Å². The van der Waals surface area contributed by atoms with Crippen LogP contribution >= 0.6 is 0 Å². The standard InChI is InChI=1S/C47H58N2/c1-10-37(6)40(9)49(44-19-14-13-15-20-44)46-33-29-42(30-34-46)26-24-36(5)22-21-35(4)23-25-41-27-31-45(32-28-41)48(39(8)11-2)47-38(7)17-16-18-43(47)12-3/h11,14,16-17,19-20,23-27,29,31,33,39,43,47H,2,4-5,7,10,12,18,21-22,28,30,32,34H2,1,3,6,8-9H3/b25-23+,26-24+,40-37-. The Kier molecular flexibility index (Phi) is 14.0. The highest BCUT2D eigenvalue weighted by atomic mass is 15.2. The number of allylic oxidation sites excluding steroid dienone is 17. The van der Waals surface area contributed by atoms with Gasteiger partial charge in [-0.3, -0.25) is 0 Å². The molecule has 3 unspecified atom stereocenters. The molecule has 0 amide bonds. The van der Waals surface area contributed by atoms with Gasteiger partial charge in [0.15, 0.2) is 0 Å². The number of rotatable bonds is 16. The van der Waals surface area contributed by atoms with Gasteiger partial charge in [0.25, 0.3) is 0 Å². The summed E-state index contributed by atoms with van der Waals surface area (Å²) in [6.07, 6.45) is 33.7. The van der Waals surface area contributed by atoms with Gasteiger partial charge in [0.2, 0.25) is 0 Å². The minimum absolute atomic E-state index is 0.258. The van der Waals surface area contributed by atoms with Crippen molar-refractivity contribution in [3.8, 4) is 0 Å². The Morgan fingerprint density at radius 3 is 2.06 bits per heavy atom. The van der Waals surface area contributed by atoms with Crippen LogP contribution in [0.5, 0.6) is 0 Å². The van der Waals surface area contributed by atoms with Crippen molar-refractivity contribution in [2.24, 2.45) is 5.92 Å². The summed E-state index contributed by atoms with van der Waals surface area (Å²) >= 11 is 0. The summed E-state index contributed by atoms with van der Waals surface area (Å²) in [5.74, 6) is 0.582. The van der Waals surface area contributed by atoms with Gasteiger partial charge in [-0.15, -0.1) is 6.58 Å². The van der Waals surface area contributed by atoms with Crippen molar-refractivity contribution in [2.45, 2.75) is 104 Å². The molecule has 0 aromatic heterocycles. The van der Waals surface area contributed by atoms with Gasteiger partial charge in [0.1, 0.15) is 0 Å². The third-order valence-corrected chi connectivity index (χ3v) is 10.4. The van der Waals surface area contributed by atoms with Crippen molar-refractivity contribution >= 4 is 5.69 Å². The minimum Gasteiger partial charge on any atom is -0.361 e. The molecule has 0 fully saturated rings. The fourth-order valence-electron chi connectivity index (χ4n) is 6.93. The molecule has 4 rings (SSSR count). The quantitative estimate of drug-likeness (QED) is 0.130. The monoisotopic (exact) mass is 650 g/mol. The molecule has 2 heteroatoms. The second-order valence-corrected chi connectivity index (χ2v) is 13.7. The van der Waals surface area contributed by atoms with Crippen LogP contribution in [0.25, 0.3) is 0 Å². The third-order valence-electron chi connectivity index (χ3n) is 10.4. The Balaban J connectivity index is 1.32. The number of anilines is 1. The first-order valence-corrected chi connectivity index (χ1v) is 18.3. The first kappa shape index (κ1) is 37.3. The number of hydrogen-bond acceptors (Lipinski definition) is 2. The molecular weight excluding hydrogens is 593 g/mol. The van der Waals surface area contributed by atoms with E-state index in [4.69, 9.17) is 0 Å². The van der Waals surface area contributed by atoms with Gasteiger partial charge in [-0.05, 0) is 119 Å². The van der Waals surface area contributed by atoms with Gasteiger partial charge in [-0.1, -0.05) is 124 Å². The summed E-state index contributed by atoms with van der Waals surface area (Å²) < 4.78 is 0. The lowest BCUT2D eigenvalue weighted by Crippen LogP contribution is -2.46. The fourth-order valence-corrected chi connectivity index (χ4v) is 6.93. The molecule has 3 atom stereocenters. The number of hydrogen-bond donors (Lipinski definition) is 0. The maximum absolute atomic E-state index is 4.44. The molecule has 2 nitrogen and oxygen atoms in total. The molecule has 0 spiro atoms. The summed E-state index contributed by atoms with van der Waals surface area (Å²) in [5.41, 5.74) is 12.7. The van der Waals surface area contributed by atoms with E-state index in [1.165, 1.54) is 39.4 Å². The molecule has 0 N–H and O–H groups in total. The van der Waals surface area contributed by atoms with E-state index in [0.717, 1.165) is 74.6 Å². The molecule has 0 heterocycles. The predicted octanol–water partition coefficient (Wildman–Crippen LogP) is 12.8. The summed E-state index contributed by atoms with van der Waals surface area (Å²) in [6, 6.07) is 12.8. The highest BCUT2D eigenvalue weighted by molar-refractivity contribution is 5.59. The van der Waals surface area contributed by atoms with E-state index < -0.39 is 0 Å². The van der Waals surface area contributed by atoms with Gasteiger partial charge < -0.3 is 9.80 Å². The molecule has 0 saturated carbocycles. The molecule has 1 aromatic rings. The average Bonchev–Trinajstić information content (AvgIpc) is 3.13. The molecule has 49 heavy (non-hydrogen) atoms. The zero-order valence-electron chi connectivity index (χ0n) is 30.9. The molecule has 0 bridgehead atoms. The summed E-state index contributed by atoms with van der Waals surface area (Å²) in [5, 5.41) is 0. The number of nitrogens with zero attached hydrogens (tertiary/aromatic N) is 2. The first-order valence-electron chi connectivity index (χ1n) is 18.3. The summed E-state index contributed by atoms with van der Waals surface area (Å²) in [7, 11) is 0. The zero-order valence-corrected chi connectivity index (χ0v) is 30.9. The molecular formula is C47H58N2. The Morgan fingerprint density at radius 2 is 1.55 bits per heavy atom. The molecule has 0 radical (unpaired) electrons. The maximum atomic E-state index is 4.44. The lowest BCUT2D eigenvalue weighted by molar-refractivity contribution is 0.178. The highest BCUT2D eigenvalue weighted by Gasteiger charge is 2.33. The topological polar surface area (TPSA) is 6.48 Å². The van der Waals surface area contributed by atoms with Crippen LogP contribution in [0, 0.1) is 18.1 Å². The molecule has 1 aromatic carbocycles. The van der Waals surface area contributed by atoms with Crippen molar-refractivity contribution in [1.29, 1.82) is 0 Å². The molecule has 0 aliphatic heterocycles. The Hall–Kier alpha value is -4.48. The van der Waals surface area contributed by atoms with Crippen molar-refractivity contribution in [3.63, 3.8) is 0 Å². The van der Waals surface area contributed by atoms with Crippen LogP contribution in [0.1, 0.15) is 92.4 Å². The van der Waals surface area contributed by atoms with Gasteiger partial charge >= 0.3 is 0 Å². The molecule has 0 saturated heterocycles. The highest BCUT2D eigenvalue weighted by Crippen LogP contribution is 2.36. The van der Waals surface area contributed by atoms with Gasteiger partial charge in [-0.2, -0.15) is 0 Å². The first-order chi connectivity index (χ1) is 23.7. The Morgan fingerprint density at radius 1 is 0.918 bits per heavy atom. The van der Waals surface area contributed by atoms with Crippen LogP contribution < -0.4 is 4.90 Å². The van der Waals surface area contributed by atoms with E-state index in [2.05, 4.69) is 156 Å². The van der Waals surface area contributed by atoms with Gasteiger partial charge in [0.05, 0.1) is 11.7 Å². The summed E-state index contributed by atoms with van der Waals surface area (Å²) in [6.45, 7) is 28.5. The van der Waals surface area contributed by atoms with Crippen molar-refractivity contribution < 1.29 is 0 Å². The largest absolute Gasteiger partial charge is 0.361 e. The SMILES string of the molecule is C=CC(C)N(C1=CC=C(/C=C/C(=C)CCC(=C)/C=C/C2=CC=C(N(/C(C)=C(/C)CC)c3cc#ccc3)CC2)CC1)C1C(=C)C=CCC1CC. The smallest absolute Gasteiger partial charge is 0.0570 e. The van der Waals surface area contributed by atoms with Crippen molar-refractivity contribution in [1.82, 2.24) is 4.90 Å². The van der Waals surface area contributed by atoms with Crippen molar-refractivity contribution in [3.05, 3.63) is 174 Å². The van der Waals surface area contributed by atoms with Crippen LogP contribution in [-0.4, -0.2) is 17.0 Å².